The number of para-hydroxylation sites is 1. The van der Waals surface area contributed by atoms with E-state index in [1.165, 1.54) is 14.1 Å². The number of carbonyl (C=O) groups is 1. The fraction of sp³-hybridized carbons (Fsp3) is 0.333. The van der Waals surface area contributed by atoms with Crippen molar-refractivity contribution < 1.29 is 9.90 Å². The van der Waals surface area contributed by atoms with E-state index < -0.39 is 17.1 Å². The largest absolute Gasteiger partial charge is 0.494 e. The van der Waals surface area contributed by atoms with E-state index in [0.29, 0.717) is 12.2 Å². The van der Waals surface area contributed by atoms with Gasteiger partial charge in [-0.05, 0) is 18.6 Å². The predicted octanol–water partition coefficient (Wildman–Crippen LogP) is 1.13. The first-order valence-electron chi connectivity index (χ1n) is 8.39. The number of carbonyl (C=O) groups excluding carboxylic acids is 1. The zero-order valence-electron chi connectivity index (χ0n) is 15.4. The monoisotopic (exact) mass is 390 g/mol. The van der Waals surface area contributed by atoms with E-state index in [1.807, 2.05) is 13.0 Å². The summed E-state index contributed by atoms with van der Waals surface area (Å²) in [5.74, 6) is -0.667. The van der Waals surface area contributed by atoms with Gasteiger partial charge in [-0.1, -0.05) is 36.9 Å². The first-order valence-corrected chi connectivity index (χ1v) is 9.38. The van der Waals surface area contributed by atoms with E-state index in [1.54, 1.807) is 24.3 Å². The van der Waals surface area contributed by atoms with Gasteiger partial charge in [0.2, 0.25) is 11.8 Å². The van der Waals surface area contributed by atoms with Crippen molar-refractivity contribution in [1.82, 2.24) is 14.5 Å². The highest BCUT2D eigenvalue weighted by Crippen LogP contribution is 2.22. The normalized spacial score (nSPS) is 11.4. The first kappa shape index (κ1) is 20.5. The number of aromatic hydroxyl groups is 1. The Bertz CT molecular complexity index is 964. The van der Waals surface area contributed by atoms with Crippen molar-refractivity contribution in [2.24, 2.45) is 19.1 Å². The van der Waals surface area contributed by atoms with Crippen molar-refractivity contribution >= 4 is 28.4 Å². The molecule has 0 saturated heterocycles. The van der Waals surface area contributed by atoms with Crippen LogP contribution in [0.5, 0.6) is 5.88 Å². The first-order chi connectivity index (χ1) is 12.9. The molecule has 1 aromatic heterocycles. The summed E-state index contributed by atoms with van der Waals surface area (Å²) < 4.78 is 1.86. The van der Waals surface area contributed by atoms with E-state index >= 15 is 0 Å². The van der Waals surface area contributed by atoms with Gasteiger partial charge in [-0.25, -0.2) is 9.79 Å². The molecule has 0 unspecified atom stereocenters. The highest BCUT2D eigenvalue weighted by atomic mass is 32.2. The highest BCUT2D eigenvalue weighted by molar-refractivity contribution is 8.15. The molecule has 2 rings (SSSR count). The Hall–Kier alpha value is -2.81. The Kier molecular flexibility index (Phi) is 7.00. The highest BCUT2D eigenvalue weighted by Gasteiger charge is 2.21. The smallest absolute Gasteiger partial charge is 0.333 e. The van der Waals surface area contributed by atoms with E-state index in [-0.39, 0.29) is 22.3 Å². The molecule has 27 heavy (non-hydrogen) atoms. The maximum Gasteiger partial charge on any atom is 0.333 e. The molecule has 9 heteroatoms. The SMILES string of the molecule is CCCNC(=O)CSC(=Nc1ccccc1)c1c(O)n(C)c(=O)n(C)c1=O. The summed E-state index contributed by atoms with van der Waals surface area (Å²) in [6.45, 7) is 2.50. The number of benzene rings is 1. The third-order valence-corrected chi connectivity index (χ3v) is 4.72. The molecule has 0 atom stereocenters. The molecule has 0 spiro atoms. The van der Waals surface area contributed by atoms with Gasteiger partial charge in [-0.15, -0.1) is 0 Å². The molecule has 0 saturated carbocycles. The molecule has 0 aliphatic carbocycles. The predicted molar refractivity (Wildman–Crippen MR) is 107 cm³/mol. The summed E-state index contributed by atoms with van der Waals surface area (Å²) in [6, 6.07) is 8.87. The molecule has 0 aliphatic rings. The van der Waals surface area contributed by atoms with Crippen molar-refractivity contribution in [1.29, 1.82) is 0 Å². The van der Waals surface area contributed by atoms with Gasteiger partial charge in [0.25, 0.3) is 5.56 Å². The molecule has 0 aliphatic heterocycles. The number of aromatic nitrogens is 2. The molecule has 8 nitrogen and oxygen atoms in total. The van der Waals surface area contributed by atoms with Gasteiger partial charge in [0.1, 0.15) is 10.6 Å². The van der Waals surface area contributed by atoms with Crippen LogP contribution in [0.15, 0.2) is 44.9 Å². The Labute approximate surface area is 160 Å². The number of hydrogen-bond acceptors (Lipinski definition) is 6. The van der Waals surface area contributed by atoms with E-state index in [2.05, 4.69) is 10.3 Å². The van der Waals surface area contributed by atoms with Crippen LogP contribution in [0.4, 0.5) is 5.69 Å². The molecule has 2 aromatic rings. The van der Waals surface area contributed by atoms with Gasteiger partial charge in [0, 0.05) is 20.6 Å². The summed E-state index contributed by atoms with van der Waals surface area (Å²) in [5, 5.41) is 13.3. The fourth-order valence-corrected chi connectivity index (χ4v) is 3.11. The molecule has 1 amide bonds. The van der Waals surface area contributed by atoms with Crippen LogP contribution in [0.2, 0.25) is 0 Å². The van der Waals surface area contributed by atoms with Gasteiger partial charge in [0.05, 0.1) is 11.4 Å². The maximum absolute atomic E-state index is 12.6. The lowest BCUT2D eigenvalue weighted by Gasteiger charge is -2.12. The summed E-state index contributed by atoms with van der Waals surface area (Å²) in [5.41, 5.74) is -0.876. The lowest BCUT2D eigenvalue weighted by atomic mass is 10.3. The zero-order valence-corrected chi connectivity index (χ0v) is 16.2. The second kappa shape index (κ2) is 9.22. The standard InChI is InChI=1S/C18H22N4O4S/c1-4-10-19-13(23)11-27-15(20-12-8-6-5-7-9-12)14-16(24)21(2)18(26)22(3)17(14)25/h5-9,24H,4,10-11H2,1-3H3,(H,19,23). The fourth-order valence-electron chi connectivity index (χ4n) is 2.25. The second-order valence-electron chi connectivity index (χ2n) is 5.80. The number of amides is 1. The van der Waals surface area contributed by atoms with Crippen LogP contribution in [-0.2, 0) is 18.9 Å². The van der Waals surface area contributed by atoms with Crippen LogP contribution in [-0.4, -0.2) is 37.5 Å². The third-order valence-electron chi connectivity index (χ3n) is 3.75. The minimum atomic E-state index is -0.674. The second-order valence-corrected chi connectivity index (χ2v) is 6.76. The van der Waals surface area contributed by atoms with Crippen LogP contribution in [0.3, 0.4) is 0 Å². The summed E-state index contributed by atoms with van der Waals surface area (Å²) >= 11 is 1.03. The lowest BCUT2D eigenvalue weighted by molar-refractivity contribution is -0.118. The average molecular weight is 390 g/mol. The molecule has 1 heterocycles. The number of hydrogen-bond donors (Lipinski definition) is 2. The lowest BCUT2D eigenvalue weighted by Crippen LogP contribution is -2.39. The van der Waals surface area contributed by atoms with Crippen molar-refractivity contribution in [3.8, 4) is 5.88 Å². The van der Waals surface area contributed by atoms with Gasteiger partial charge >= 0.3 is 5.69 Å². The Balaban J connectivity index is 2.51. The van der Waals surface area contributed by atoms with E-state index in [9.17, 15) is 19.5 Å². The van der Waals surface area contributed by atoms with Crippen LogP contribution >= 0.6 is 11.8 Å². The van der Waals surface area contributed by atoms with Crippen LogP contribution in [0.25, 0.3) is 0 Å². The Morgan fingerprint density at radius 2 is 1.85 bits per heavy atom. The molecule has 1 aromatic carbocycles. The topological polar surface area (TPSA) is 106 Å². The Morgan fingerprint density at radius 3 is 2.48 bits per heavy atom. The summed E-state index contributed by atoms with van der Waals surface area (Å²) in [6.07, 6.45) is 0.809. The maximum atomic E-state index is 12.6. The summed E-state index contributed by atoms with van der Waals surface area (Å²) in [7, 11) is 2.69. The summed E-state index contributed by atoms with van der Waals surface area (Å²) in [4.78, 5) is 41.0. The van der Waals surface area contributed by atoms with Crippen LogP contribution in [0.1, 0.15) is 18.9 Å². The number of aliphatic imine (C=N–C) groups is 1. The van der Waals surface area contributed by atoms with Gasteiger partial charge < -0.3 is 10.4 Å². The molecule has 144 valence electrons. The number of nitrogens with zero attached hydrogens (tertiary/aromatic N) is 3. The number of rotatable bonds is 6. The van der Waals surface area contributed by atoms with Crippen molar-refractivity contribution in [2.75, 3.05) is 12.3 Å². The van der Waals surface area contributed by atoms with Gasteiger partial charge in [-0.2, -0.15) is 0 Å². The van der Waals surface area contributed by atoms with Gasteiger partial charge in [-0.3, -0.25) is 18.7 Å². The quantitative estimate of drug-likeness (QED) is 0.568. The van der Waals surface area contributed by atoms with Crippen LogP contribution in [0, 0.1) is 0 Å². The van der Waals surface area contributed by atoms with E-state index in [4.69, 9.17) is 0 Å². The minimum Gasteiger partial charge on any atom is -0.494 e. The molecule has 0 radical (unpaired) electrons. The number of nitrogens with one attached hydrogen (secondary N) is 1. The third kappa shape index (κ3) is 4.88. The molecule has 0 bridgehead atoms. The molecular formula is C18H22N4O4S. The Morgan fingerprint density at radius 1 is 1.19 bits per heavy atom. The zero-order chi connectivity index (χ0) is 20.0. The van der Waals surface area contributed by atoms with Crippen molar-refractivity contribution in [2.45, 2.75) is 13.3 Å². The van der Waals surface area contributed by atoms with Crippen molar-refractivity contribution in [3.05, 3.63) is 56.7 Å². The van der Waals surface area contributed by atoms with Crippen LogP contribution < -0.4 is 16.6 Å². The van der Waals surface area contributed by atoms with E-state index in [0.717, 1.165) is 27.3 Å². The van der Waals surface area contributed by atoms with Gasteiger partial charge in [0.15, 0.2) is 0 Å². The average Bonchev–Trinajstić information content (AvgIpc) is 2.68. The molecular weight excluding hydrogens is 368 g/mol. The van der Waals surface area contributed by atoms with Crippen molar-refractivity contribution in [3.63, 3.8) is 0 Å². The molecule has 2 N–H and O–H groups in total. The molecule has 0 fully saturated rings. The number of thioether (sulfide) groups is 1. The minimum absolute atomic E-state index is 0.0249.